The maximum Gasteiger partial charge on any atom is 0.339 e. The number of benzene rings is 2. The molecule has 0 spiro atoms. The van der Waals surface area contributed by atoms with Gasteiger partial charge in [-0.05, 0) is 29.8 Å². The number of nitrogens with one attached hydrogen (secondary N) is 1. The van der Waals surface area contributed by atoms with Crippen molar-refractivity contribution in [3.63, 3.8) is 0 Å². The van der Waals surface area contributed by atoms with E-state index in [-0.39, 0.29) is 5.56 Å². The fourth-order valence-corrected chi connectivity index (χ4v) is 2.66. The van der Waals surface area contributed by atoms with Crippen molar-refractivity contribution in [3.05, 3.63) is 59.8 Å². The van der Waals surface area contributed by atoms with E-state index in [1.165, 1.54) is 6.20 Å². The Morgan fingerprint density at radius 3 is 2.52 bits per heavy atom. The number of anilines is 1. The van der Waals surface area contributed by atoms with E-state index in [4.69, 9.17) is 9.47 Å². The highest BCUT2D eigenvalue weighted by Crippen LogP contribution is 2.34. The summed E-state index contributed by atoms with van der Waals surface area (Å²) in [5.74, 6) is 0.300. The molecule has 0 fully saturated rings. The zero-order chi connectivity index (χ0) is 17.8. The summed E-state index contributed by atoms with van der Waals surface area (Å²) in [6, 6.07) is 13.0. The Kier molecular flexibility index (Phi) is 4.70. The number of methoxy groups -OCH3 is 2. The molecule has 6 nitrogen and oxygen atoms in total. The maximum absolute atomic E-state index is 11.6. The van der Waals surface area contributed by atoms with Gasteiger partial charge in [-0.25, -0.2) is 4.79 Å². The lowest BCUT2D eigenvalue weighted by Gasteiger charge is -2.15. The largest absolute Gasteiger partial charge is 0.497 e. The van der Waals surface area contributed by atoms with Crippen LogP contribution >= 0.6 is 0 Å². The Morgan fingerprint density at radius 2 is 1.88 bits per heavy atom. The molecule has 0 aliphatic carbocycles. The van der Waals surface area contributed by atoms with Gasteiger partial charge >= 0.3 is 5.97 Å². The number of aromatic nitrogens is 1. The Hall–Kier alpha value is -3.28. The zero-order valence-corrected chi connectivity index (χ0v) is 13.9. The van der Waals surface area contributed by atoms with Gasteiger partial charge in [0.05, 0.1) is 30.8 Å². The van der Waals surface area contributed by atoms with Crippen molar-refractivity contribution in [2.24, 2.45) is 0 Å². The number of rotatable bonds is 6. The molecule has 0 bridgehead atoms. The zero-order valence-electron chi connectivity index (χ0n) is 13.9. The summed E-state index contributed by atoms with van der Waals surface area (Å²) >= 11 is 0. The number of ether oxygens (including phenoxy) is 2. The lowest BCUT2D eigenvalue weighted by molar-refractivity contribution is 0.0697. The van der Waals surface area contributed by atoms with Gasteiger partial charge in [0.25, 0.3) is 0 Å². The highest BCUT2D eigenvalue weighted by atomic mass is 16.5. The van der Waals surface area contributed by atoms with E-state index < -0.39 is 5.97 Å². The Bertz CT molecular complexity index is 907. The average molecular weight is 338 g/mol. The predicted octanol–water partition coefficient (Wildman–Crippen LogP) is 3.56. The van der Waals surface area contributed by atoms with Gasteiger partial charge in [0.15, 0.2) is 0 Å². The second kappa shape index (κ2) is 7.09. The second-order valence-corrected chi connectivity index (χ2v) is 5.41. The summed E-state index contributed by atoms with van der Waals surface area (Å²) in [6.07, 6.45) is 1.36. The Labute approximate surface area is 145 Å². The van der Waals surface area contributed by atoms with Crippen LogP contribution in [0.1, 0.15) is 15.9 Å². The fraction of sp³-hybridized carbons (Fsp3) is 0.158. The number of hydrogen-bond donors (Lipinski definition) is 2. The van der Waals surface area contributed by atoms with Gasteiger partial charge in [-0.1, -0.05) is 18.2 Å². The molecule has 128 valence electrons. The molecule has 0 aliphatic heterocycles. The minimum Gasteiger partial charge on any atom is -0.497 e. The van der Waals surface area contributed by atoms with Gasteiger partial charge in [0.2, 0.25) is 0 Å². The van der Waals surface area contributed by atoms with Crippen molar-refractivity contribution >= 4 is 22.6 Å². The van der Waals surface area contributed by atoms with Gasteiger partial charge in [-0.3, -0.25) is 4.98 Å². The molecule has 1 heterocycles. The van der Waals surface area contributed by atoms with E-state index in [0.717, 1.165) is 11.3 Å². The molecule has 2 N–H and O–H groups in total. The van der Waals surface area contributed by atoms with Crippen molar-refractivity contribution in [2.75, 3.05) is 19.5 Å². The Balaban J connectivity index is 2.02. The number of nitrogens with zero attached hydrogens (tertiary/aromatic N) is 1. The number of carbonyl (C=O) groups is 1. The van der Waals surface area contributed by atoms with E-state index in [1.807, 2.05) is 36.4 Å². The minimum atomic E-state index is -1.04. The molecule has 2 aromatic carbocycles. The first-order valence-electron chi connectivity index (χ1n) is 7.70. The van der Waals surface area contributed by atoms with E-state index in [2.05, 4.69) is 10.3 Å². The van der Waals surface area contributed by atoms with Gasteiger partial charge in [-0.2, -0.15) is 0 Å². The second-order valence-electron chi connectivity index (χ2n) is 5.41. The number of pyridine rings is 1. The monoisotopic (exact) mass is 338 g/mol. The maximum atomic E-state index is 11.6. The third-order valence-electron chi connectivity index (χ3n) is 3.93. The summed E-state index contributed by atoms with van der Waals surface area (Å²) in [6.45, 7) is 0.460. The van der Waals surface area contributed by atoms with Gasteiger partial charge in [-0.15, -0.1) is 0 Å². The number of carboxylic acids is 1. The smallest absolute Gasteiger partial charge is 0.339 e. The minimum absolute atomic E-state index is 0.102. The molecule has 25 heavy (non-hydrogen) atoms. The molecule has 3 aromatic rings. The normalized spacial score (nSPS) is 10.5. The first-order chi connectivity index (χ1) is 12.1. The van der Waals surface area contributed by atoms with Crippen molar-refractivity contribution in [1.82, 2.24) is 4.98 Å². The topological polar surface area (TPSA) is 80.7 Å². The summed E-state index contributed by atoms with van der Waals surface area (Å²) < 4.78 is 10.5. The first-order valence-corrected chi connectivity index (χ1v) is 7.70. The molecule has 0 atom stereocenters. The van der Waals surface area contributed by atoms with Gasteiger partial charge in [0, 0.05) is 12.7 Å². The van der Waals surface area contributed by atoms with Crippen LogP contribution < -0.4 is 14.8 Å². The van der Waals surface area contributed by atoms with Gasteiger partial charge in [0.1, 0.15) is 17.1 Å². The summed E-state index contributed by atoms with van der Waals surface area (Å²) in [5.41, 5.74) is 2.26. The quantitative estimate of drug-likeness (QED) is 0.715. The third kappa shape index (κ3) is 3.33. The predicted molar refractivity (Wildman–Crippen MR) is 95.6 cm³/mol. The van der Waals surface area contributed by atoms with Crippen LogP contribution in [0.25, 0.3) is 10.9 Å². The Morgan fingerprint density at radius 1 is 1.12 bits per heavy atom. The molecule has 3 rings (SSSR count). The molecule has 6 heteroatoms. The molecule has 0 aliphatic rings. The molecule has 0 radical (unpaired) electrons. The van der Waals surface area contributed by atoms with Crippen LogP contribution in [0.3, 0.4) is 0 Å². The lowest BCUT2D eigenvalue weighted by Crippen LogP contribution is -2.08. The van der Waals surface area contributed by atoms with Crippen LogP contribution in [0, 0.1) is 0 Å². The average Bonchev–Trinajstić information content (AvgIpc) is 2.65. The number of aromatic carboxylic acids is 1. The highest BCUT2D eigenvalue weighted by molar-refractivity contribution is 6.06. The molecule has 0 unspecified atom stereocenters. The fourth-order valence-electron chi connectivity index (χ4n) is 2.66. The van der Waals surface area contributed by atoms with Crippen molar-refractivity contribution in [2.45, 2.75) is 6.54 Å². The van der Waals surface area contributed by atoms with Crippen LogP contribution in [-0.4, -0.2) is 30.3 Å². The van der Waals surface area contributed by atoms with Crippen LogP contribution in [0.4, 0.5) is 5.69 Å². The highest BCUT2D eigenvalue weighted by Gasteiger charge is 2.17. The number of carboxylic acid groups (broad SMARTS) is 1. The molecule has 0 amide bonds. The van der Waals surface area contributed by atoms with E-state index in [9.17, 15) is 9.90 Å². The standard InChI is InChI=1S/C19H18N2O4/c1-24-13-8-6-12(7-9-13)10-21-18-14(19(22)23)11-20-15-4-3-5-16(25-2)17(15)18/h3-9,11H,10H2,1-2H3,(H,20,21)(H,22,23). The summed E-state index contributed by atoms with van der Waals surface area (Å²) in [4.78, 5) is 15.9. The molecule has 0 saturated heterocycles. The van der Waals surface area contributed by atoms with Crippen LogP contribution in [0.5, 0.6) is 11.5 Å². The van der Waals surface area contributed by atoms with E-state index in [1.54, 1.807) is 20.3 Å². The number of fused-ring (bicyclic) bond motifs is 1. The summed E-state index contributed by atoms with van der Waals surface area (Å²) in [7, 11) is 3.16. The van der Waals surface area contributed by atoms with Crippen molar-refractivity contribution in [3.8, 4) is 11.5 Å². The van der Waals surface area contributed by atoms with E-state index in [0.29, 0.717) is 28.9 Å². The van der Waals surface area contributed by atoms with Crippen LogP contribution in [0.15, 0.2) is 48.7 Å². The first kappa shape index (κ1) is 16.6. The lowest BCUT2D eigenvalue weighted by atomic mass is 10.1. The molecule has 0 saturated carbocycles. The van der Waals surface area contributed by atoms with E-state index >= 15 is 0 Å². The molecular formula is C19H18N2O4. The van der Waals surface area contributed by atoms with Crippen molar-refractivity contribution < 1.29 is 19.4 Å². The van der Waals surface area contributed by atoms with Crippen molar-refractivity contribution in [1.29, 1.82) is 0 Å². The third-order valence-corrected chi connectivity index (χ3v) is 3.93. The molecule has 1 aromatic heterocycles. The number of hydrogen-bond acceptors (Lipinski definition) is 5. The van der Waals surface area contributed by atoms with Crippen LogP contribution in [0.2, 0.25) is 0 Å². The SMILES string of the molecule is COc1ccc(CNc2c(C(=O)O)cnc3cccc(OC)c23)cc1. The molecular weight excluding hydrogens is 320 g/mol. The summed E-state index contributed by atoms with van der Waals surface area (Å²) in [5, 5.41) is 13.4. The van der Waals surface area contributed by atoms with Crippen LogP contribution in [-0.2, 0) is 6.54 Å². The van der Waals surface area contributed by atoms with Gasteiger partial charge < -0.3 is 19.9 Å².